The summed E-state index contributed by atoms with van der Waals surface area (Å²) in [5, 5.41) is 14.9. The van der Waals surface area contributed by atoms with E-state index >= 15 is 0 Å². The molecule has 2 aromatic carbocycles. The van der Waals surface area contributed by atoms with Gasteiger partial charge in [0.05, 0.1) is 11.6 Å². The molecule has 0 saturated carbocycles. The van der Waals surface area contributed by atoms with E-state index in [1.165, 1.54) is 0 Å². The molecule has 0 fully saturated rings. The third kappa shape index (κ3) is 4.25. The van der Waals surface area contributed by atoms with Gasteiger partial charge in [0.15, 0.2) is 11.5 Å². The SMILES string of the molecule is Cc1nc(NCc2ccc3c(c2)OCO3)cc(C(=O)Nc2cccc(C#N)c2)n1. The molecular weight excluding hydrogens is 370 g/mol. The molecule has 0 bridgehead atoms. The minimum atomic E-state index is -0.378. The zero-order valence-corrected chi connectivity index (χ0v) is 15.6. The van der Waals surface area contributed by atoms with Gasteiger partial charge in [0.2, 0.25) is 6.79 Å². The van der Waals surface area contributed by atoms with Gasteiger partial charge in [-0.15, -0.1) is 0 Å². The standard InChI is InChI=1S/C21H17N5O3/c1-13-24-17(21(27)26-16-4-2-3-14(7-16)10-22)9-20(25-13)23-11-15-5-6-18-19(8-15)29-12-28-18/h2-9H,11-12H2,1H3,(H,26,27)(H,23,24,25). The highest BCUT2D eigenvalue weighted by Crippen LogP contribution is 2.32. The number of fused-ring (bicyclic) bond motifs is 1. The fourth-order valence-corrected chi connectivity index (χ4v) is 2.88. The van der Waals surface area contributed by atoms with Crippen molar-refractivity contribution in [2.24, 2.45) is 0 Å². The highest BCUT2D eigenvalue weighted by Gasteiger charge is 2.14. The van der Waals surface area contributed by atoms with Crippen molar-refractivity contribution in [3.8, 4) is 17.6 Å². The molecule has 0 unspecified atom stereocenters. The molecule has 3 aromatic rings. The first-order valence-corrected chi connectivity index (χ1v) is 8.90. The lowest BCUT2D eigenvalue weighted by molar-refractivity contribution is 0.102. The van der Waals surface area contributed by atoms with Gasteiger partial charge in [-0.2, -0.15) is 5.26 Å². The molecule has 8 nitrogen and oxygen atoms in total. The fourth-order valence-electron chi connectivity index (χ4n) is 2.88. The van der Waals surface area contributed by atoms with Crippen LogP contribution in [0.25, 0.3) is 0 Å². The molecule has 0 atom stereocenters. The number of nitrogens with zero attached hydrogens (tertiary/aromatic N) is 3. The number of anilines is 2. The molecule has 1 aliphatic rings. The molecule has 29 heavy (non-hydrogen) atoms. The summed E-state index contributed by atoms with van der Waals surface area (Å²) >= 11 is 0. The van der Waals surface area contributed by atoms with Gasteiger partial charge in [-0.25, -0.2) is 9.97 Å². The van der Waals surface area contributed by atoms with Gasteiger partial charge in [-0.1, -0.05) is 12.1 Å². The lowest BCUT2D eigenvalue weighted by Crippen LogP contribution is -2.16. The number of carbonyl (C=O) groups is 1. The zero-order valence-electron chi connectivity index (χ0n) is 15.6. The summed E-state index contributed by atoms with van der Waals surface area (Å²) in [5.41, 5.74) is 2.21. The summed E-state index contributed by atoms with van der Waals surface area (Å²) in [6.45, 7) is 2.45. The Bertz CT molecular complexity index is 1120. The van der Waals surface area contributed by atoms with E-state index in [0.717, 1.165) is 11.3 Å². The van der Waals surface area contributed by atoms with Gasteiger partial charge < -0.3 is 20.1 Å². The van der Waals surface area contributed by atoms with E-state index < -0.39 is 0 Å². The van der Waals surface area contributed by atoms with Crippen LogP contribution in [0, 0.1) is 18.3 Å². The van der Waals surface area contributed by atoms with Crippen LogP contribution in [0.1, 0.15) is 27.4 Å². The molecule has 1 aliphatic heterocycles. The first kappa shape index (κ1) is 18.3. The third-order valence-electron chi connectivity index (χ3n) is 4.23. The predicted molar refractivity (Wildman–Crippen MR) is 106 cm³/mol. The van der Waals surface area contributed by atoms with Gasteiger partial charge in [0.1, 0.15) is 17.3 Å². The molecule has 4 rings (SSSR count). The molecular formula is C21H17N5O3. The van der Waals surface area contributed by atoms with Gasteiger partial charge in [-0.3, -0.25) is 4.79 Å². The molecule has 0 aliphatic carbocycles. The van der Waals surface area contributed by atoms with E-state index in [1.807, 2.05) is 24.3 Å². The Morgan fingerprint density at radius 3 is 2.86 bits per heavy atom. The Balaban J connectivity index is 1.47. The van der Waals surface area contributed by atoms with E-state index in [0.29, 0.717) is 35.2 Å². The summed E-state index contributed by atoms with van der Waals surface area (Å²) in [7, 11) is 0. The molecule has 8 heteroatoms. The lowest BCUT2D eigenvalue weighted by atomic mass is 10.2. The van der Waals surface area contributed by atoms with E-state index in [9.17, 15) is 4.79 Å². The first-order chi connectivity index (χ1) is 14.1. The van der Waals surface area contributed by atoms with Gasteiger partial charge in [-0.05, 0) is 42.8 Å². The fraction of sp³-hybridized carbons (Fsp3) is 0.143. The second-order valence-electron chi connectivity index (χ2n) is 6.37. The Hall–Kier alpha value is -4.12. The van der Waals surface area contributed by atoms with Crippen LogP contribution in [0.3, 0.4) is 0 Å². The smallest absolute Gasteiger partial charge is 0.274 e. The second-order valence-corrected chi connectivity index (χ2v) is 6.37. The van der Waals surface area contributed by atoms with Crippen molar-refractivity contribution in [3.05, 3.63) is 71.2 Å². The van der Waals surface area contributed by atoms with Crippen molar-refractivity contribution in [2.45, 2.75) is 13.5 Å². The Morgan fingerprint density at radius 1 is 1.14 bits per heavy atom. The highest BCUT2D eigenvalue weighted by atomic mass is 16.7. The normalized spacial score (nSPS) is 11.6. The average Bonchev–Trinajstić information content (AvgIpc) is 3.20. The summed E-state index contributed by atoms with van der Waals surface area (Å²) < 4.78 is 10.7. The number of hydrogen-bond donors (Lipinski definition) is 2. The molecule has 144 valence electrons. The molecule has 1 amide bonds. The van der Waals surface area contributed by atoms with Gasteiger partial charge in [0.25, 0.3) is 5.91 Å². The van der Waals surface area contributed by atoms with Crippen LogP contribution >= 0.6 is 0 Å². The van der Waals surface area contributed by atoms with Crippen LogP contribution in [0.15, 0.2) is 48.5 Å². The maximum atomic E-state index is 12.6. The molecule has 1 aromatic heterocycles. The molecule has 0 radical (unpaired) electrons. The maximum Gasteiger partial charge on any atom is 0.274 e. The number of amides is 1. The average molecular weight is 387 g/mol. The van der Waals surface area contributed by atoms with Crippen molar-refractivity contribution in [1.82, 2.24) is 9.97 Å². The van der Waals surface area contributed by atoms with Crippen molar-refractivity contribution in [1.29, 1.82) is 5.26 Å². The Labute approximate surface area is 167 Å². The monoisotopic (exact) mass is 387 g/mol. The number of nitrogens with one attached hydrogen (secondary N) is 2. The number of rotatable bonds is 5. The van der Waals surface area contributed by atoms with Crippen molar-refractivity contribution < 1.29 is 14.3 Å². The summed E-state index contributed by atoms with van der Waals surface area (Å²) in [5.74, 6) is 2.06. The minimum Gasteiger partial charge on any atom is -0.454 e. The number of carbonyl (C=O) groups excluding carboxylic acids is 1. The number of aryl methyl sites for hydroxylation is 1. The van der Waals surface area contributed by atoms with Crippen LogP contribution in [-0.2, 0) is 6.54 Å². The third-order valence-corrected chi connectivity index (χ3v) is 4.23. The number of hydrogen-bond acceptors (Lipinski definition) is 7. The van der Waals surface area contributed by atoms with E-state index in [4.69, 9.17) is 14.7 Å². The topological polar surface area (TPSA) is 109 Å². The largest absolute Gasteiger partial charge is 0.454 e. The summed E-state index contributed by atoms with van der Waals surface area (Å²) in [6, 6.07) is 16.0. The number of ether oxygens (including phenoxy) is 2. The zero-order chi connectivity index (χ0) is 20.2. The molecule has 2 heterocycles. The van der Waals surface area contributed by atoms with Crippen LogP contribution in [0.2, 0.25) is 0 Å². The Kier molecular flexibility index (Phi) is 4.95. The van der Waals surface area contributed by atoms with Gasteiger partial charge >= 0.3 is 0 Å². The molecule has 0 spiro atoms. The first-order valence-electron chi connectivity index (χ1n) is 8.90. The molecule has 2 N–H and O–H groups in total. The van der Waals surface area contributed by atoms with E-state index in [-0.39, 0.29) is 18.4 Å². The van der Waals surface area contributed by atoms with Crippen molar-refractivity contribution in [2.75, 3.05) is 17.4 Å². The van der Waals surface area contributed by atoms with Crippen LogP contribution < -0.4 is 20.1 Å². The maximum absolute atomic E-state index is 12.6. The minimum absolute atomic E-state index is 0.229. The molecule has 0 saturated heterocycles. The van der Waals surface area contributed by atoms with Crippen molar-refractivity contribution in [3.63, 3.8) is 0 Å². The number of benzene rings is 2. The lowest BCUT2D eigenvalue weighted by Gasteiger charge is -2.10. The van der Waals surface area contributed by atoms with Crippen molar-refractivity contribution >= 4 is 17.4 Å². The second kappa shape index (κ2) is 7.86. The number of aromatic nitrogens is 2. The Morgan fingerprint density at radius 2 is 2.00 bits per heavy atom. The van der Waals surface area contributed by atoms with E-state index in [1.54, 1.807) is 37.3 Å². The highest BCUT2D eigenvalue weighted by molar-refractivity contribution is 6.03. The predicted octanol–water partition coefficient (Wildman–Crippen LogP) is 3.25. The van der Waals surface area contributed by atoms with Crippen LogP contribution in [-0.4, -0.2) is 22.7 Å². The quantitative estimate of drug-likeness (QED) is 0.691. The van der Waals surface area contributed by atoms with Crippen LogP contribution in [0.4, 0.5) is 11.5 Å². The van der Waals surface area contributed by atoms with E-state index in [2.05, 4.69) is 20.6 Å². The van der Waals surface area contributed by atoms with Gasteiger partial charge in [0, 0.05) is 18.3 Å². The summed E-state index contributed by atoms with van der Waals surface area (Å²) in [6.07, 6.45) is 0. The van der Waals surface area contributed by atoms with Crippen LogP contribution in [0.5, 0.6) is 11.5 Å². The summed E-state index contributed by atoms with van der Waals surface area (Å²) in [4.78, 5) is 21.1. The number of nitriles is 1.